The number of carbonyl (C=O) groups excluding carboxylic acids is 1. The van der Waals surface area contributed by atoms with E-state index in [4.69, 9.17) is 8.85 Å². The van der Waals surface area contributed by atoms with Crippen LogP contribution in [-0.4, -0.2) is 43.2 Å². The number of carbonyl (C=O) groups is 1. The molecule has 4 rings (SSSR count). The van der Waals surface area contributed by atoms with Crippen molar-refractivity contribution in [2.45, 2.75) is 150 Å². The highest BCUT2D eigenvalue weighted by Gasteiger charge is 2.51. The molecule has 0 spiro atoms. The Morgan fingerprint density at radius 1 is 0.867 bits per heavy atom. The van der Waals surface area contributed by atoms with Crippen LogP contribution < -0.4 is 5.19 Å². The molecular formula is C39H64O3Si3. The van der Waals surface area contributed by atoms with Crippen molar-refractivity contribution in [3.63, 3.8) is 0 Å². The van der Waals surface area contributed by atoms with Crippen LogP contribution in [0.4, 0.5) is 0 Å². The minimum atomic E-state index is -2.28. The Balaban J connectivity index is 2.10. The maximum absolute atomic E-state index is 13.8. The fourth-order valence-electron chi connectivity index (χ4n) is 7.44. The van der Waals surface area contributed by atoms with Crippen LogP contribution in [0.1, 0.15) is 94.4 Å². The Labute approximate surface area is 279 Å². The molecule has 250 valence electrons. The van der Waals surface area contributed by atoms with E-state index in [-0.39, 0.29) is 27.5 Å². The van der Waals surface area contributed by atoms with E-state index in [1.54, 1.807) is 0 Å². The van der Waals surface area contributed by atoms with Crippen molar-refractivity contribution >= 4 is 35.7 Å². The smallest absolute Gasteiger partial charge is 0.192 e. The third-order valence-electron chi connectivity index (χ3n) is 12.4. The molecule has 1 aromatic carbocycles. The maximum Gasteiger partial charge on any atom is 0.192 e. The number of allylic oxidation sites excluding steroid dienone is 5. The first-order valence-electron chi connectivity index (χ1n) is 17.6. The van der Waals surface area contributed by atoms with Crippen LogP contribution in [0.5, 0.6) is 0 Å². The summed E-state index contributed by atoms with van der Waals surface area (Å²) in [6.07, 6.45) is 4.80. The molecule has 0 unspecified atom stereocenters. The minimum absolute atomic E-state index is 0.0171. The summed E-state index contributed by atoms with van der Waals surface area (Å²) in [6, 6.07) is 11.2. The predicted octanol–water partition coefficient (Wildman–Crippen LogP) is 10.7. The second-order valence-corrected chi connectivity index (χ2v) is 32.3. The second-order valence-electron chi connectivity index (χ2n) is 18.4. The quantitative estimate of drug-likeness (QED) is 0.259. The summed E-state index contributed by atoms with van der Waals surface area (Å²) in [5.74, 6) is 0.587. The van der Waals surface area contributed by atoms with Crippen LogP contribution in [0.3, 0.4) is 0 Å². The highest BCUT2D eigenvalue weighted by atomic mass is 28.4. The van der Waals surface area contributed by atoms with Crippen molar-refractivity contribution in [3.05, 3.63) is 63.4 Å². The van der Waals surface area contributed by atoms with E-state index in [1.807, 2.05) is 0 Å². The van der Waals surface area contributed by atoms with Gasteiger partial charge >= 0.3 is 0 Å². The summed E-state index contributed by atoms with van der Waals surface area (Å²) in [5.41, 5.74) is 6.75. The lowest BCUT2D eigenvalue weighted by molar-refractivity contribution is -0.114. The van der Waals surface area contributed by atoms with Crippen molar-refractivity contribution < 1.29 is 13.6 Å². The van der Waals surface area contributed by atoms with Gasteiger partial charge in [0.1, 0.15) is 8.07 Å². The van der Waals surface area contributed by atoms with Gasteiger partial charge in [-0.25, -0.2) is 0 Å². The van der Waals surface area contributed by atoms with Crippen LogP contribution in [0.2, 0.25) is 49.4 Å². The number of benzene rings is 1. The SMILES string of the molecule is CC(C)C1=C2CC[C@]3(C)CC[C@H](O[Si](C)(C)C(C)(C)C)C(CO[Si](C)(C)C(C)(C)C)=C3C([Si](C)(C)c3ccccc3)=C2CC1=O. The van der Waals surface area contributed by atoms with Gasteiger partial charge in [0.25, 0.3) is 0 Å². The van der Waals surface area contributed by atoms with E-state index in [1.165, 1.54) is 32.7 Å². The van der Waals surface area contributed by atoms with Gasteiger partial charge < -0.3 is 8.85 Å². The first-order chi connectivity index (χ1) is 20.4. The van der Waals surface area contributed by atoms with Crippen molar-refractivity contribution in [2.75, 3.05) is 6.61 Å². The van der Waals surface area contributed by atoms with Gasteiger partial charge in [-0.2, -0.15) is 0 Å². The molecule has 3 aliphatic rings. The first-order valence-corrected chi connectivity index (χ1v) is 26.4. The molecule has 0 amide bonds. The Bertz CT molecular complexity index is 1400. The van der Waals surface area contributed by atoms with Gasteiger partial charge in [0, 0.05) is 12.0 Å². The molecule has 0 radical (unpaired) electrons. The van der Waals surface area contributed by atoms with Crippen LogP contribution in [0, 0.1) is 11.3 Å². The monoisotopic (exact) mass is 664 g/mol. The summed E-state index contributed by atoms with van der Waals surface area (Å²) >= 11 is 0. The van der Waals surface area contributed by atoms with Gasteiger partial charge in [0.05, 0.1) is 12.7 Å². The summed E-state index contributed by atoms with van der Waals surface area (Å²) in [4.78, 5) is 13.8. The van der Waals surface area contributed by atoms with Gasteiger partial charge in [0.15, 0.2) is 22.4 Å². The van der Waals surface area contributed by atoms with Gasteiger partial charge in [0.2, 0.25) is 0 Å². The molecule has 1 aromatic rings. The topological polar surface area (TPSA) is 35.5 Å². The fraction of sp³-hybridized carbons (Fsp3) is 0.667. The van der Waals surface area contributed by atoms with Crippen molar-refractivity contribution in [2.24, 2.45) is 11.3 Å². The average Bonchev–Trinajstić information content (AvgIpc) is 3.17. The zero-order valence-corrected chi connectivity index (χ0v) is 34.5. The van der Waals surface area contributed by atoms with E-state index < -0.39 is 24.7 Å². The molecule has 2 atom stereocenters. The highest BCUT2D eigenvalue weighted by Crippen LogP contribution is 2.57. The molecule has 0 saturated carbocycles. The number of fused-ring (bicyclic) bond motifs is 2. The number of Topliss-reactive ketones (excluding diaryl/α,β-unsaturated/α-hetero) is 1. The molecule has 0 aromatic heterocycles. The Morgan fingerprint density at radius 2 is 1.44 bits per heavy atom. The molecule has 0 N–H and O–H groups in total. The van der Waals surface area contributed by atoms with Crippen LogP contribution in [0.25, 0.3) is 0 Å². The molecule has 0 fully saturated rings. The van der Waals surface area contributed by atoms with Gasteiger partial charge in [-0.15, -0.1) is 0 Å². The Hall–Kier alpha value is -1.32. The van der Waals surface area contributed by atoms with E-state index in [0.29, 0.717) is 18.8 Å². The molecule has 0 bridgehead atoms. The molecule has 0 aliphatic heterocycles. The van der Waals surface area contributed by atoms with Crippen LogP contribution in [-0.2, 0) is 13.6 Å². The number of hydrogen-bond donors (Lipinski definition) is 0. The number of rotatable bonds is 8. The molecular weight excluding hydrogens is 601 g/mol. The lowest BCUT2D eigenvalue weighted by Crippen LogP contribution is -2.51. The molecule has 45 heavy (non-hydrogen) atoms. The summed E-state index contributed by atoms with van der Waals surface area (Å²) in [5, 5.41) is 3.19. The molecule has 6 heteroatoms. The maximum atomic E-state index is 13.8. The Morgan fingerprint density at radius 3 is 1.98 bits per heavy atom. The summed E-state index contributed by atoms with van der Waals surface area (Å²) in [7, 11) is -6.41. The molecule has 3 aliphatic carbocycles. The number of hydrogen-bond acceptors (Lipinski definition) is 3. The van der Waals surface area contributed by atoms with Crippen LogP contribution in [0.15, 0.2) is 63.4 Å². The standard InChI is InChI=1S/C39H64O3Si3/c1-27(2)34-29-21-23-39(9)24-22-33(42-45(14,15)38(6,7)8)31(26-41-44(12,13)37(3,4)5)35(39)36(30(29)25-32(34)40)43(10,11)28-19-17-16-18-20-28/h16-20,27,33H,21-26H2,1-15H3/t33-,39+/m0/s1. The van der Waals surface area contributed by atoms with E-state index in [0.717, 1.165) is 31.3 Å². The molecule has 3 nitrogen and oxygen atoms in total. The third-order valence-corrected chi connectivity index (χ3v) is 25.0. The van der Waals surface area contributed by atoms with Gasteiger partial charge in [-0.1, -0.05) is 111 Å². The van der Waals surface area contributed by atoms with Crippen LogP contribution >= 0.6 is 0 Å². The van der Waals surface area contributed by atoms with E-state index >= 15 is 0 Å². The van der Waals surface area contributed by atoms with Crippen molar-refractivity contribution in [1.82, 2.24) is 0 Å². The lowest BCUT2D eigenvalue weighted by Gasteiger charge is -2.48. The Kier molecular flexibility index (Phi) is 9.97. The second kappa shape index (κ2) is 12.3. The lowest BCUT2D eigenvalue weighted by atomic mass is 9.68. The molecule has 0 saturated heterocycles. The highest BCUT2D eigenvalue weighted by molar-refractivity contribution is 6.96. The minimum Gasteiger partial charge on any atom is -0.413 e. The van der Waals surface area contributed by atoms with Gasteiger partial charge in [-0.05, 0) is 101 Å². The first kappa shape index (κ1) is 36.5. The average molecular weight is 665 g/mol. The summed E-state index contributed by atoms with van der Waals surface area (Å²) < 4.78 is 14.6. The normalized spacial score (nSPS) is 24.0. The van der Waals surface area contributed by atoms with Crippen molar-refractivity contribution in [1.29, 1.82) is 0 Å². The fourth-order valence-corrected chi connectivity index (χ4v) is 13.1. The number of ketones is 1. The van der Waals surface area contributed by atoms with E-state index in [2.05, 4.69) is 132 Å². The van der Waals surface area contributed by atoms with Crippen molar-refractivity contribution in [3.8, 4) is 0 Å². The summed E-state index contributed by atoms with van der Waals surface area (Å²) in [6.45, 7) is 36.3. The zero-order chi connectivity index (χ0) is 34.0. The van der Waals surface area contributed by atoms with E-state index in [9.17, 15) is 4.79 Å². The molecule has 0 heterocycles. The van der Waals surface area contributed by atoms with Gasteiger partial charge in [-0.3, -0.25) is 4.79 Å². The predicted molar refractivity (Wildman–Crippen MR) is 201 cm³/mol. The third kappa shape index (κ3) is 6.83. The zero-order valence-electron chi connectivity index (χ0n) is 31.5. The largest absolute Gasteiger partial charge is 0.413 e.